The van der Waals surface area contributed by atoms with Gasteiger partial charge in [0.15, 0.2) is 15.8 Å². The van der Waals surface area contributed by atoms with Crippen LogP contribution in [-0.4, -0.2) is 54.4 Å². The minimum atomic E-state index is -3.03. The molecule has 26 heavy (non-hydrogen) atoms. The maximum absolute atomic E-state index is 12.8. The summed E-state index contributed by atoms with van der Waals surface area (Å²) in [6.07, 6.45) is 7.67. The first-order chi connectivity index (χ1) is 12.5. The molecule has 0 radical (unpaired) electrons. The van der Waals surface area contributed by atoms with Gasteiger partial charge in [0.25, 0.3) is 0 Å². The van der Waals surface area contributed by atoms with E-state index < -0.39 is 14.6 Å². The highest BCUT2D eigenvalue weighted by Gasteiger charge is 2.48. The first-order valence-corrected chi connectivity index (χ1v) is 12.2. The largest absolute Gasteiger partial charge is 0.357 e. The number of hydrogen-bond acceptors (Lipinski definition) is 5. The molecule has 3 rings (SSSR count). The number of rotatable bonds is 4. The molecule has 1 spiro atoms. The molecule has 1 aromatic rings. The second kappa shape index (κ2) is 8.25. The molecule has 1 aromatic heterocycles. The third kappa shape index (κ3) is 4.06. The molecule has 8 heteroatoms. The summed E-state index contributed by atoms with van der Waals surface area (Å²) in [5, 5.41) is 4.36. The van der Waals surface area contributed by atoms with E-state index in [4.69, 9.17) is 4.99 Å². The Morgan fingerprint density at radius 2 is 2.12 bits per heavy atom. The number of hydrogen-bond donors (Lipinski definition) is 1. The van der Waals surface area contributed by atoms with Gasteiger partial charge in [-0.1, -0.05) is 26.2 Å². The van der Waals surface area contributed by atoms with Crippen LogP contribution in [0.5, 0.6) is 0 Å². The minimum Gasteiger partial charge on any atom is -0.357 e. The fourth-order valence-electron chi connectivity index (χ4n) is 3.97. The second-order valence-corrected chi connectivity index (χ2v) is 10.9. The Kier molecular flexibility index (Phi) is 6.22. The molecule has 2 aliphatic rings. The smallest absolute Gasteiger partial charge is 0.194 e. The molecule has 0 unspecified atom stereocenters. The van der Waals surface area contributed by atoms with E-state index in [0.29, 0.717) is 19.6 Å². The Morgan fingerprint density at radius 3 is 2.77 bits per heavy atom. The minimum absolute atomic E-state index is 0.231. The van der Waals surface area contributed by atoms with Gasteiger partial charge in [-0.2, -0.15) is 0 Å². The summed E-state index contributed by atoms with van der Waals surface area (Å²) < 4.78 is 25.0. The van der Waals surface area contributed by atoms with E-state index in [1.807, 2.05) is 13.1 Å². The summed E-state index contributed by atoms with van der Waals surface area (Å²) in [7, 11) is -3.03. The van der Waals surface area contributed by atoms with Gasteiger partial charge in [-0.25, -0.2) is 18.4 Å². The third-order valence-corrected chi connectivity index (χ3v) is 9.19. The van der Waals surface area contributed by atoms with E-state index in [0.717, 1.165) is 56.0 Å². The Hall–Kier alpha value is -1.15. The maximum atomic E-state index is 12.8. The maximum Gasteiger partial charge on any atom is 0.194 e. The molecule has 1 aliphatic carbocycles. The van der Waals surface area contributed by atoms with Gasteiger partial charge in [-0.3, -0.25) is 0 Å². The molecule has 2 heterocycles. The highest BCUT2D eigenvalue weighted by Crippen LogP contribution is 2.38. The highest BCUT2D eigenvalue weighted by atomic mass is 32.2. The number of aromatic nitrogens is 1. The fraction of sp³-hybridized carbons (Fsp3) is 0.778. The van der Waals surface area contributed by atoms with Crippen LogP contribution >= 0.6 is 11.3 Å². The molecule has 0 bridgehead atoms. The van der Waals surface area contributed by atoms with Crippen LogP contribution in [0.2, 0.25) is 0 Å². The van der Waals surface area contributed by atoms with Crippen molar-refractivity contribution in [3.63, 3.8) is 0 Å². The van der Waals surface area contributed by atoms with Gasteiger partial charge in [0.1, 0.15) is 5.01 Å². The van der Waals surface area contributed by atoms with E-state index in [1.54, 1.807) is 11.3 Å². The number of nitrogens with one attached hydrogen (secondary N) is 1. The van der Waals surface area contributed by atoms with Gasteiger partial charge in [0.2, 0.25) is 0 Å². The lowest BCUT2D eigenvalue weighted by Gasteiger charge is -2.45. The first kappa shape index (κ1) is 19.6. The van der Waals surface area contributed by atoms with Crippen LogP contribution in [0.1, 0.15) is 55.8 Å². The normalized spacial score (nSPS) is 22.5. The molecule has 0 aromatic carbocycles. The molecular weight excluding hydrogens is 368 g/mol. The lowest BCUT2D eigenvalue weighted by atomic mass is 9.87. The summed E-state index contributed by atoms with van der Waals surface area (Å²) in [5.74, 6) is 1.05. The van der Waals surface area contributed by atoms with Gasteiger partial charge < -0.3 is 10.2 Å². The van der Waals surface area contributed by atoms with Crippen molar-refractivity contribution in [2.24, 2.45) is 4.99 Å². The summed E-state index contributed by atoms with van der Waals surface area (Å²) in [6, 6.07) is 0. The van der Waals surface area contributed by atoms with Crippen LogP contribution < -0.4 is 5.32 Å². The molecular formula is C18H30N4O2S2. The van der Waals surface area contributed by atoms with Gasteiger partial charge >= 0.3 is 0 Å². The number of nitrogens with zero attached hydrogens (tertiary/aromatic N) is 3. The Balaban J connectivity index is 1.77. The SMILES string of the molecule is CCNC(=NCc1ncc(CC)s1)N1CCS(=O)(=O)C2(CCCCC2)C1. The van der Waals surface area contributed by atoms with Gasteiger partial charge in [-0.05, 0) is 26.2 Å². The number of aryl methyl sites for hydroxylation is 1. The van der Waals surface area contributed by atoms with Crippen LogP contribution in [0, 0.1) is 0 Å². The van der Waals surface area contributed by atoms with E-state index in [2.05, 4.69) is 22.1 Å². The van der Waals surface area contributed by atoms with Gasteiger partial charge in [0.05, 0.1) is 17.0 Å². The van der Waals surface area contributed by atoms with Crippen molar-refractivity contribution >= 4 is 27.1 Å². The predicted molar refractivity (Wildman–Crippen MR) is 107 cm³/mol. The Bertz CT molecular complexity index is 736. The molecule has 1 saturated heterocycles. The zero-order chi connectivity index (χ0) is 18.6. The lowest BCUT2D eigenvalue weighted by Crippen LogP contribution is -2.60. The fourth-order valence-corrected chi connectivity index (χ4v) is 6.91. The van der Waals surface area contributed by atoms with E-state index in [-0.39, 0.29) is 5.75 Å². The van der Waals surface area contributed by atoms with Crippen molar-refractivity contribution < 1.29 is 8.42 Å². The molecule has 1 saturated carbocycles. The first-order valence-electron chi connectivity index (χ1n) is 9.69. The Labute approximate surface area is 161 Å². The van der Waals surface area contributed by atoms with Crippen LogP contribution in [-0.2, 0) is 22.8 Å². The predicted octanol–water partition coefficient (Wildman–Crippen LogP) is 2.60. The second-order valence-electron chi connectivity index (χ2n) is 7.23. The molecule has 1 N–H and O–H groups in total. The van der Waals surface area contributed by atoms with Crippen LogP contribution in [0.25, 0.3) is 0 Å². The average molecular weight is 399 g/mol. The van der Waals surface area contributed by atoms with E-state index in [1.165, 1.54) is 4.88 Å². The van der Waals surface area contributed by atoms with E-state index in [9.17, 15) is 8.42 Å². The molecule has 2 fully saturated rings. The van der Waals surface area contributed by atoms with Crippen LogP contribution in [0.3, 0.4) is 0 Å². The summed E-state index contributed by atoms with van der Waals surface area (Å²) in [6.45, 7) is 6.58. The third-order valence-electron chi connectivity index (χ3n) is 5.48. The summed E-state index contributed by atoms with van der Waals surface area (Å²) in [5.41, 5.74) is 0. The highest BCUT2D eigenvalue weighted by molar-refractivity contribution is 7.92. The summed E-state index contributed by atoms with van der Waals surface area (Å²) >= 11 is 1.70. The monoisotopic (exact) mass is 398 g/mol. The molecule has 1 aliphatic heterocycles. The van der Waals surface area contributed by atoms with Crippen molar-refractivity contribution in [3.05, 3.63) is 16.1 Å². The van der Waals surface area contributed by atoms with Gasteiger partial charge in [0, 0.05) is 30.7 Å². The van der Waals surface area contributed by atoms with Crippen LogP contribution in [0.4, 0.5) is 0 Å². The number of thiazole rings is 1. The lowest BCUT2D eigenvalue weighted by molar-refractivity contribution is 0.274. The van der Waals surface area contributed by atoms with Crippen molar-refractivity contribution in [1.29, 1.82) is 0 Å². The molecule has 0 atom stereocenters. The average Bonchev–Trinajstić information content (AvgIpc) is 3.10. The molecule has 0 amide bonds. The number of sulfone groups is 1. The molecule has 6 nitrogen and oxygen atoms in total. The Morgan fingerprint density at radius 1 is 1.35 bits per heavy atom. The quantitative estimate of drug-likeness (QED) is 0.623. The van der Waals surface area contributed by atoms with Crippen molar-refractivity contribution in [2.75, 3.05) is 25.4 Å². The number of aliphatic imine (C=N–C) groups is 1. The topological polar surface area (TPSA) is 74.7 Å². The van der Waals surface area contributed by atoms with Crippen molar-refractivity contribution in [3.8, 4) is 0 Å². The molecule has 146 valence electrons. The number of guanidine groups is 1. The van der Waals surface area contributed by atoms with Crippen molar-refractivity contribution in [1.82, 2.24) is 15.2 Å². The van der Waals surface area contributed by atoms with Crippen molar-refractivity contribution in [2.45, 2.75) is 63.7 Å². The van der Waals surface area contributed by atoms with Gasteiger partial charge in [-0.15, -0.1) is 11.3 Å². The zero-order valence-electron chi connectivity index (χ0n) is 15.8. The zero-order valence-corrected chi connectivity index (χ0v) is 17.5. The standard InChI is InChI=1S/C18H30N4O2S2/c1-3-15-12-20-16(25-15)13-21-17(19-4-2)22-10-11-26(23,24)18(14-22)8-6-5-7-9-18/h12H,3-11,13-14H2,1-2H3,(H,19,21). The summed E-state index contributed by atoms with van der Waals surface area (Å²) in [4.78, 5) is 12.6. The van der Waals surface area contributed by atoms with Crippen LogP contribution in [0.15, 0.2) is 11.2 Å². The van der Waals surface area contributed by atoms with E-state index >= 15 is 0 Å².